The van der Waals surface area contributed by atoms with Crippen LogP contribution in [0.2, 0.25) is 0 Å². The second kappa shape index (κ2) is 6.48. The molecular weight excluding hydrogens is 318 g/mol. The molecule has 1 saturated heterocycles. The highest BCUT2D eigenvalue weighted by Crippen LogP contribution is 2.27. The fourth-order valence-corrected chi connectivity index (χ4v) is 3.53. The molecule has 132 valence electrons. The van der Waals surface area contributed by atoms with Gasteiger partial charge in [-0.25, -0.2) is 4.98 Å². The highest BCUT2D eigenvalue weighted by atomic mass is 16.5. The van der Waals surface area contributed by atoms with Crippen LogP contribution in [0.1, 0.15) is 40.0 Å². The number of amides is 1. The number of morpholine rings is 1. The number of aromatic nitrogens is 3. The molecule has 1 atom stereocenters. The number of hydrogen-bond acceptors (Lipinski definition) is 5. The van der Waals surface area contributed by atoms with Crippen LogP contribution in [0.4, 0.5) is 5.82 Å². The molecule has 1 amide bonds. The lowest BCUT2D eigenvalue weighted by Gasteiger charge is -2.32. The first-order valence-corrected chi connectivity index (χ1v) is 8.75. The molecule has 1 fully saturated rings. The summed E-state index contributed by atoms with van der Waals surface area (Å²) in [5, 5.41) is 7.29. The third kappa shape index (κ3) is 3.00. The average Bonchev–Trinajstić information content (AvgIpc) is 3.25. The summed E-state index contributed by atoms with van der Waals surface area (Å²) in [6, 6.07) is 5.89. The lowest BCUT2D eigenvalue weighted by molar-refractivity contribution is -0.0249. The molecule has 1 aliphatic heterocycles. The van der Waals surface area contributed by atoms with Crippen molar-refractivity contribution in [3.05, 3.63) is 40.8 Å². The maximum atomic E-state index is 12.9. The number of H-pyrrole nitrogens is 1. The molecule has 4 rings (SSSR count). The number of ether oxygens (including phenoxy) is 1. The minimum absolute atomic E-state index is 0.00327. The molecule has 2 aromatic rings. The molecule has 0 aromatic carbocycles. The first-order chi connectivity index (χ1) is 12.1. The third-order valence-corrected chi connectivity index (χ3v) is 4.91. The maximum absolute atomic E-state index is 12.9. The van der Waals surface area contributed by atoms with E-state index in [9.17, 15) is 4.79 Å². The number of fused-ring (bicyclic) bond motifs is 1. The van der Waals surface area contributed by atoms with E-state index in [4.69, 9.17) is 4.74 Å². The normalized spacial score (nSPS) is 19.8. The number of hydrogen-bond donors (Lipinski definition) is 1. The Morgan fingerprint density at radius 1 is 1.36 bits per heavy atom. The van der Waals surface area contributed by atoms with Crippen LogP contribution >= 0.6 is 0 Å². The van der Waals surface area contributed by atoms with E-state index in [1.165, 1.54) is 0 Å². The second-order valence-corrected chi connectivity index (χ2v) is 6.81. The number of carbonyl (C=O) groups is 1. The molecule has 0 saturated carbocycles. The van der Waals surface area contributed by atoms with E-state index in [-0.39, 0.29) is 12.0 Å². The van der Waals surface area contributed by atoms with Crippen LogP contribution in [-0.2, 0) is 17.6 Å². The van der Waals surface area contributed by atoms with Crippen LogP contribution in [0.15, 0.2) is 18.2 Å². The Morgan fingerprint density at radius 3 is 3.08 bits per heavy atom. The minimum Gasteiger partial charge on any atom is -0.368 e. The quantitative estimate of drug-likeness (QED) is 0.917. The van der Waals surface area contributed by atoms with Crippen LogP contribution in [0, 0.1) is 0 Å². The maximum Gasteiger partial charge on any atom is 0.274 e. The van der Waals surface area contributed by atoms with Crippen molar-refractivity contribution in [2.45, 2.75) is 25.4 Å². The molecule has 1 N–H and O–H groups in total. The first-order valence-electron chi connectivity index (χ1n) is 8.75. The molecule has 2 aromatic heterocycles. The standard InChI is InChI=1S/C18H23N5O2/c1-22(2)16-8-4-7-14(19-16)15-11-23(9-10-25-15)18(24)17-12-5-3-6-13(12)20-21-17/h4,7-8,15H,3,5-6,9-11H2,1-2H3,(H,20,21). The van der Waals surface area contributed by atoms with Crippen LogP contribution in [0.5, 0.6) is 0 Å². The summed E-state index contributed by atoms with van der Waals surface area (Å²) in [6.45, 7) is 1.60. The molecule has 0 bridgehead atoms. The zero-order chi connectivity index (χ0) is 17.4. The molecule has 3 heterocycles. The van der Waals surface area contributed by atoms with Crippen molar-refractivity contribution in [3.8, 4) is 0 Å². The highest BCUT2D eigenvalue weighted by Gasteiger charge is 2.31. The number of nitrogens with zero attached hydrogens (tertiary/aromatic N) is 4. The Hall–Kier alpha value is -2.41. The van der Waals surface area contributed by atoms with E-state index < -0.39 is 0 Å². The number of aromatic amines is 1. The number of pyridine rings is 1. The van der Waals surface area contributed by atoms with Gasteiger partial charge in [-0.05, 0) is 31.4 Å². The number of nitrogens with one attached hydrogen (secondary N) is 1. The van der Waals surface area contributed by atoms with E-state index >= 15 is 0 Å². The van der Waals surface area contributed by atoms with Gasteiger partial charge in [0.1, 0.15) is 11.9 Å². The fourth-order valence-electron chi connectivity index (χ4n) is 3.53. The van der Waals surface area contributed by atoms with Crippen molar-refractivity contribution in [3.63, 3.8) is 0 Å². The highest BCUT2D eigenvalue weighted by molar-refractivity contribution is 5.94. The lowest BCUT2D eigenvalue weighted by Crippen LogP contribution is -2.43. The molecule has 7 heteroatoms. The molecule has 7 nitrogen and oxygen atoms in total. The average molecular weight is 341 g/mol. The van der Waals surface area contributed by atoms with Gasteiger partial charge in [-0.2, -0.15) is 5.10 Å². The summed E-state index contributed by atoms with van der Waals surface area (Å²) in [5.41, 5.74) is 3.66. The number of rotatable bonds is 3. The van der Waals surface area contributed by atoms with Gasteiger partial charge in [0.2, 0.25) is 0 Å². The van der Waals surface area contributed by atoms with Gasteiger partial charge >= 0.3 is 0 Å². The molecule has 1 aliphatic carbocycles. The Kier molecular flexibility index (Phi) is 4.17. The first kappa shape index (κ1) is 16.1. The van der Waals surface area contributed by atoms with Gasteiger partial charge in [-0.3, -0.25) is 9.89 Å². The van der Waals surface area contributed by atoms with Gasteiger partial charge in [0.15, 0.2) is 5.69 Å². The van der Waals surface area contributed by atoms with Crippen molar-refractivity contribution in [1.82, 2.24) is 20.1 Å². The van der Waals surface area contributed by atoms with E-state index in [0.29, 0.717) is 25.4 Å². The van der Waals surface area contributed by atoms with Gasteiger partial charge in [0, 0.05) is 31.9 Å². The molecule has 1 unspecified atom stereocenters. The largest absolute Gasteiger partial charge is 0.368 e. The van der Waals surface area contributed by atoms with E-state index in [1.54, 1.807) is 0 Å². The minimum atomic E-state index is -0.204. The second-order valence-electron chi connectivity index (χ2n) is 6.81. The van der Waals surface area contributed by atoms with Crippen molar-refractivity contribution in [2.75, 3.05) is 38.7 Å². The van der Waals surface area contributed by atoms with E-state index in [1.807, 2.05) is 42.1 Å². The summed E-state index contributed by atoms with van der Waals surface area (Å²) < 4.78 is 5.89. The number of carbonyl (C=O) groups excluding carboxylic acids is 1. The summed E-state index contributed by atoms with van der Waals surface area (Å²) in [5.74, 6) is 0.881. The van der Waals surface area contributed by atoms with Crippen molar-refractivity contribution >= 4 is 11.7 Å². The summed E-state index contributed by atoms with van der Waals surface area (Å²) in [6.07, 6.45) is 2.82. The lowest BCUT2D eigenvalue weighted by atomic mass is 10.1. The summed E-state index contributed by atoms with van der Waals surface area (Å²) in [4.78, 5) is 21.4. The molecule has 0 radical (unpaired) electrons. The SMILES string of the molecule is CN(C)c1cccc(C2CN(C(=O)c3n[nH]c4c3CCC4)CCO2)n1. The zero-order valence-electron chi connectivity index (χ0n) is 14.7. The van der Waals surface area contributed by atoms with Crippen LogP contribution in [0.25, 0.3) is 0 Å². The van der Waals surface area contributed by atoms with Crippen LogP contribution in [-0.4, -0.2) is 59.8 Å². The van der Waals surface area contributed by atoms with E-state index in [0.717, 1.165) is 42.0 Å². The fraction of sp³-hybridized carbons (Fsp3) is 0.500. The van der Waals surface area contributed by atoms with Gasteiger partial charge < -0.3 is 14.5 Å². The third-order valence-electron chi connectivity index (χ3n) is 4.91. The molecule has 25 heavy (non-hydrogen) atoms. The molecule has 0 spiro atoms. The molecular formula is C18H23N5O2. The Bertz CT molecular complexity index is 786. The van der Waals surface area contributed by atoms with Gasteiger partial charge in [0.05, 0.1) is 18.8 Å². The van der Waals surface area contributed by atoms with Crippen molar-refractivity contribution in [2.24, 2.45) is 0 Å². The summed E-state index contributed by atoms with van der Waals surface area (Å²) in [7, 11) is 3.92. The zero-order valence-corrected chi connectivity index (χ0v) is 14.7. The summed E-state index contributed by atoms with van der Waals surface area (Å²) >= 11 is 0. The predicted octanol–water partition coefficient (Wildman–Crippen LogP) is 1.57. The molecule has 2 aliphatic rings. The van der Waals surface area contributed by atoms with Gasteiger partial charge in [-0.1, -0.05) is 6.07 Å². The van der Waals surface area contributed by atoms with Crippen molar-refractivity contribution < 1.29 is 9.53 Å². The monoisotopic (exact) mass is 341 g/mol. The number of aryl methyl sites for hydroxylation is 1. The van der Waals surface area contributed by atoms with Gasteiger partial charge in [-0.15, -0.1) is 0 Å². The Labute approximate surface area is 147 Å². The van der Waals surface area contributed by atoms with Crippen molar-refractivity contribution in [1.29, 1.82) is 0 Å². The predicted molar refractivity (Wildman–Crippen MR) is 93.8 cm³/mol. The smallest absolute Gasteiger partial charge is 0.274 e. The topological polar surface area (TPSA) is 74.3 Å². The van der Waals surface area contributed by atoms with Gasteiger partial charge in [0.25, 0.3) is 5.91 Å². The van der Waals surface area contributed by atoms with Crippen LogP contribution in [0.3, 0.4) is 0 Å². The van der Waals surface area contributed by atoms with Crippen LogP contribution < -0.4 is 4.90 Å². The number of anilines is 1. The Morgan fingerprint density at radius 2 is 2.24 bits per heavy atom. The van der Waals surface area contributed by atoms with E-state index in [2.05, 4.69) is 15.2 Å². The Balaban J connectivity index is 1.53.